The van der Waals surface area contributed by atoms with Crippen molar-refractivity contribution in [3.63, 3.8) is 0 Å². The predicted molar refractivity (Wildman–Crippen MR) is 68.2 cm³/mol. The summed E-state index contributed by atoms with van der Waals surface area (Å²) < 4.78 is 1.29. The van der Waals surface area contributed by atoms with E-state index in [0.29, 0.717) is 0 Å². The van der Waals surface area contributed by atoms with Crippen LogP contribution in [0.3, 0.4) is 0 Å². The van der Waals surface area contributed by atoms with Crippen LogP contribution in [0.4, 0.5) is 0 Å². The fourth-order valence-electron chi connectivity index (χ4n) is 2.34. The Morgan fingerprint density at radius 1 is 1.47 bits per heavy atom. The van der Waals surface area contributed by atoms with E-state index in [1.165, 1.54) is 34.9 Å². The lowest BCUT2D eigenvalue weighted by atomic mass is 9.84. The van der Waals surface area contributed by atoms with Gasteiger partial charge in [-0.1, -0.05) is 35.0 Å². The number of rotatable bonds is 3. The van der Waals surface area contributed by atoms with E-state index >= 15 is 0 Å². The Morgan fingerprint density at radius 2 is 2.33 bits per heavy atom. The Bertz CT molecular complexity index is 335. The molecule has 0 spiro atoms. The molecule has 82 valence electrons. The molecule has 0 radical (unpaired) electrons. The number of benzene rings is 1. The van der Waals surface area contributed by atoms with E-state index in [2.05, 4.69) is 46.4 Å². The average Bonchev–Trinajstić information content (AvgIpc) is 2.27. The molecule has 1 nitrogen and oxygen atoms in total. The van der Waals surface area contributed by atoms with Crippen LogP contribution in [0.15, 0.2) is 22.7 Å². The third-order valence-electron chi connectivity index (χ3n) is 3.21. The molecule has 1 N–H and O–H groups in total. The van der Waals surface area contributed by atoms with Crippen molar-refractivity contribution in [1.29, 1.82) is 0 Å². The Hall–Kier alpha value is -0.340. The van der Waals surface area contributed by atoms with Crippen molar-refractivity contribution in [1.82, 2.24) is 5.32 Å². The van der Waals surface area contributed by atoms with Gasteiger partial charge in [-0.15, -0.1) is 0 Å². The molecule has 1 unspecified atom stereocenters. The number of aryl methyl sites for hydroxylation is 1. The molecule has 1 aromatic rings. The van der Waals surface area contributed by atoms with E-state index < -0.39 is 0 Å². The normalized spacial score (nSPS) is 20.0. The van der Waals surface area contributed by atoms with Crippen molar-refractivity contribution in [2.45, 2.75) is 26.2 Å². The second-order valence-electron chi connectivity index (χ2n) is 4.29. The number of fused-ring (bicyclic) bond motifs is 1. The van der Waals surface area contributed by atoms with Crippen LogP contribution in [0.5, 0.6) is 0 Å². The van der Waals surface area contributed by atoms with Gasteiger partial charge in [-0.2, -0.15) is 0 Å². The van der Waals surface area contributed by atoms with Crippen molar-refractivity contribution >= 4 is 15.9 Å². The van der Waals surface area contributed by atoms with E-state index in [0.717, 1.165) is 19.0 Å². The first kappa shape index (κ1) is 11.2. The van der Waals surface area contributed by atoms with Crippen LogP contribution in [0, 0.1) is 5.92 Å². The minimum Gasteiger partial charge on any atom is -0.317 e. The van der Waals surface area contributed by atoms with Crippen molar-refractivity contribution in [2.24, 2.45) is 5.92 Å². The Morgan fingerprint density at radius 3 is 3.13 bits per heavy atom. The Kier molecular flexibility index (Phi) is 3.81. The molecule has 1 atom stereocenters. The summed E-state index contributed by atoms with van der Waals surface area (Å²) in [5, 5.41) is 3.45. The molecule has 1 aromatic carbocycles. The monoisotopic (exact) mass is 267 g/mol. The highest BCUT2D eigenvalue weighted by molar-refractivity contribution is 9.10. The van der Waals surface area contributed by atoms with Gasteiger partial charge in [-0.05, 0) is 55.5 Å². The molecule has 0 saturated heterocycles. The maximum atomic E-state index is 3.66. The van der Waals surface area contributed by atoms with Crippen LogP contribution in [-0.2, 0) is 12.8 Å². The van der Waals surface area contributed by atoms with Gasteiger partial charge in [0.1, 0.15) is 0 Å². The van der Waals surface area contributed by atoms with Crippen LogP contribution in [-0.4, -0.2) is 13.1 Å². The SMILES string of the molecule is CCNCC1CCc2cccc(Br)c2C1. The number of nitrogens with one attached hydrogen (secondary N) is 1. The largest absolute Gasteiger partial charge is 0.317 e. The predicted octanol–water partition coefficient (Wildman–Crippen LogP) is 3.16. The van der Waals surface area contributed by atoms with Gasteiger partial charge in [0.2, 0.25) is 0 Å². The zero-order valence-corrected chi connectivity index (χ0v) is 10.8. The fraction of sp³-hybridized carbons (Fsp3) is 0.538. The molecule has 1 aliphatic rings. The van der Waals surface area contributed by atoms with Gasteiger partial charge >= 0.3 is 0 Å². The van der Waals surface area contributed by atoms with E-state index in [9.17, 15) is 0 Å². The Labute approximate surface area is 100 Å². The van der Waals surface area contributed by atoms with Crippen molar-refractivity contribution < 1.29 is 0 Å². The number of halogens is 1. The maximum Gasteiger partial charge on any atom is 0.0210 e. The number of hydrogen-bond donors (Lipinski definition) is 1. The molecule has 2 heteroatoms. The molecular formula is C13H18BrN. The standard InChI is InChI=1S/C13H18BrN/c1-2-15-9-10-6-7-11-4-3-5-13(14)12(11)8-10/h3-5,10,15H,2,6-9H2,1H3. The number of hydrogen-bond acceptors (Lipinski definition) is 1. The highest BCUT2D eigenvalue weighted by atomic mass is 79.9. The molecule has 0 bridgehead atoms. The average molecular weight is 268 g/mol. The van der Waals surface area contributed by atoms with Crippen LogP contribution in [0.25, 0.3) is 0 Å². The third kappa shape index (κ3) is 2.61. The highest BCUT2D eigenvalue weighted by Crippen LogP contribution is 2.30. The van der Waals surface area contributed by atoms with Crippen LogP contribution in [0.2, 0.25) is 0 Å². The second-order valence-corrected chi connectivity index (χ2v) is 5.15. The zero-order chi connectivity index (χ0) is 10.7. The molecule has 1 aliphatic carbocycles. The molecular weight excluding hydrogens is 250 g/mol. The molecule has 0 fully saturated rings. The van der Waals surface area contributed by atoms with Gasteiger partial charge in [0, 0.05) is 4.47 Å². The summed E-state index contributed by atoms with van der Waals surface area (Å²) >= 11 is 3.66. The summed E-state index contributed by atoms with van der Waals surface area (Å²) in [6.45, 7) is 4.42. The van der Waals surface area contributed by atoms with Crippen LogP contribution in [0.1, 0.15) is 24.5 Å². The topological polar surface area (TPSA) is 12.0 Å². The van der Waals surface area contributed by atoms with Crippen molar-refractivity contribution in [3.8, 4) is 0 Å². The Balaban J connectivity index is 2.08. The van der Waals surface area contributed by atoms with E-state index in [1.807, 2.05) is 0 Å². The third-order valence-corrected chi connectivity index (χ3v) is 3.96. The first-order chi connectivity index (χ1) is 7.31. The van der Waals surface area contributed by atoms with Gasteiger partial charge in [0.05, 0.1) is 0 Å². The molecule has 2 rings (SSSR count). The van der Waals surface area contributed by atoms with Crippen molar-refractivity contribution in [3.05, 3.63) is 33.8 Å². The van der Waals surface area contributed by atoms with E-state index in [4.69, 9.17) is 0 Å². The van der Waals surface area contributed by atoms with Crippen LogP contribution >= 0.6 is 15.9 Å². The lowest BCUT2D eigenvalue weighted by molar-refractivity contribution is 0.429. The maximum absolute atomic E-state index is 3.66. The highest BCUT2D eigenvalue weighted by Gasteiger charge is 2.19. The molecule has 0 heterocycles. The van der Waals surface area contributed by atoms with Gasteiger partial charge < -0.3 is 5.32 Å². The van der Waals surface area contributed by atoms with Gasteiger partial charge in [-0.3, -0.25) is 0 Å². The van der Waals surface area contributed by atoms with Crippen molar-refractivity contribution in [2.75, 3.05) is 13.1 Å². The fourth-order valence-corrected chi connectivity index (χ4v) is 2.91. The molecule has 0 aliphatic heterocycles. The molecule has 15 heavy (non-hydrogen) atoms. The minimum atomic E-state index is 0.816. The van der Waals surface area contributed by atoms with Gasteiger partial charge in [0.15, 0.2) is 0 Å². The zero-order valence-electron chi connectivity index (χ0n) is 9.22. The minimum absolute atomic E-state index is 0.816. The quantitative estimate of drug-likeness (QED) is 0.887. The first-order valence-electron chi connectivity index (χ1n) is 5.78. The summed E-state index contributed by atoms with van der Waals surface area (Å²) in [6, 6.07) is 6.57. The second kappa shape index (κ2) is 5.13. The summed E-state index contributed by atoms with van der Waals surface area (Å²) in [6.07, 6.45) is 3.80. The molecule has 0 saturated carbocycles. The summed E-state index contributed by atoms with van der Waals surface area (Å²) in [5.74, 6) is 0.816. The lowest BCUT2D eigenvalue weighted by Crippen LogP contribution is -2.27. The summed E-state index contributed by atoms with van der Waals surface area (Å²) in [4.78, 5) is 0. The van der Waals surface area contributed by atoms with Crippen LogP contribution < -0.4 is 5.32 Å². The first-order valence-corrected chi connectivity index (χ1v) is 6.57. The van der Waals surface area contributed by atoms with E-state index in [-0.39, 0.29) is 0 Å². The lowest BCUT2D eigenvalue weighted by Gasteiger charge is -2.25. The smallest absolute Gasteiger partial charge is 0.0210 e. The molecule has 0 aromatic heterocycles. The van der Waals surface area contributed by atoms with E-state index in [1.54, 1.807) is 0 Å². The summed E-state index contributed by atoms with van der Waals surface area (Å²) in [5.41, 5.74) is 3.07. The van der Waals surface area contributed by atoms with Gasteiger partial charge in [0.25, 0.3) is 0 Å². The van der Waals surface area contributed by atoms with Gasteiger partial charge in [-0.25, -0.2) is 0 Å². The molecule has 0 amide bonds. The summed E-state index contributed by atoms with van der Waals surface area (Å²) in [7, 11) is 0.